The Bertz CT molecular complexity index is 4440. The van der Waals surface area contributed by atoms with Crippen LogP contribution in [0.4, 0.5) is 10.1 Å². The van der Waals surface area contributed by atoms with Gasteiger partial charge < -0.3 is 34.3 Å². The van der Waals surface area contributed by atoms with E-state index in [1.807, 2.05) is 32.9 Å². The van der Waals surface area contributed by atoms with Crippen molar-refractivity contribution in [2.45, 2.75) is 145 Å². The molecule has 0 bridgehead atoms. The summed E-state index contributed by atoms with van der Waals surface area (Å²) in [5, 5.41) is 5.60. The molecule has 0 fully saturated rings. The molecule has 4 heterocycles. The fraction of sp³-hybridized carbons (Fsp3) is 0.381. The first-order chi connectivity index (χ1) is 39.6. The molecule has 2 unspecified atom stereocenters. The number of benzene rings is 6. The molecule has 6 aromatic carbocycles. The number of ether oxygens (including phenoxy) is 3. The van der Waals surface area contributed by atoms with Crippen molar-refractivity contribution < 1.29 is 72.1 Å². The summed E-state index contributed by atoms with van der Waals surface area (Å²) in [6.07, 6.45) is 0.867. The number of fused-ring (bicyclic) bond motifs is 4. The minimum absolute atomic E-state index is 0.0781. The standard InChI is InChI=1S/C63H67FN4O14S3/c1-31-16-37-28-68(29-38-19-36(21-47-52(38)51(37)46(17-31)63(47,9)10)42-24-48(64)32(2)18-39(42)30-81-15-14-80-11)50(69)27-65-60(70)35-12-13-49(83(71,72)73)43(20-35)53-44-22-40-33(3)25-61(5,6)66-54(40)58(84(74,75)76)56(44)82-57-45(53)23-41-34(4)26-62(7,8)67-55(41)59(57)85(77,78)79/h12-13,16-24,33-34,66H,14-15,25-30H2,1-11H3,(H,65,70)(H,71,72,73)(H,74,75,76)(H,77,78,79). The normalized spacial score (nSPS) is 18.6. The summed E-state index contributed by atoms with van der Waals surface area (Å²) < 4.78 is 152. The van der Waals surface area contributed by atoms with Crippen LogP contribution in [0.15, 0.2) is 81.4 Å². The second-order valence-corrected chi connectivity index (χ2v) is 29.2. The second-order valence-electron chi connectivity index (χ2n) is 25.2. The van der Waals surface area contributed by atoms with Crippen LogP contribution >= 0.6 is 0 Å². The van der Waals surface area contributed by atoms with Gasteiger partial charge in [-0.2, -0.15) is 16.8 Å². The molecule has 0 spiro atoms. The van der Waals surface area contributed by atoms with Gasteiger partial charge in [-0.3, -0.25) is 18.7 Å². The molecule has 5 aliphatic rings. The topological polar surface area (TPSA) is 269 Å². The zero-order valence-electron chi connectivity index (χ0n) is 49.0. The Hall–Kier alpha value is -6.89. The van der Waals surface area contributed by atoms with E-state index in [2.05, 4.69) is 41.6 Å². The maximum Gasteiger partial charge on any atom is 0.304 e. The van der Waals surface area contributed by atoms with Crippen molar-refractivity contribution in [1.82, 2.24) is 10.2 Å². The third-order valence-electron chi connectivity index (χ3n) is 17.2. The maximum absolute atomic E-state index is 15.6. The van der Waals surface area contributed by atoms with Gasteiger partial charge in [-0.15, -0.1) is 0 Å². The lowest BCUT2D eigenvalue weighted by atomic mass is 9.79. The molecule has 0 saturated heterocycles. The summed E-state index contributed by atoms with van der Waals surface area (Å²) in [6.45, 7) is 19.4. The van der Waals surface area contributed by atoms with Crippen LogP contribution in [0.3, 0.4) is 0 Å². The molecule has 22 heteroatoms. The first kappa shape index (κ1) is 59.8. The zero-order valence-corrected chi connectivity index (χ0v) is 51.5. The number of rotatable bonds is 13. The first-order valence-corrected chi connectivity index (χ1v) is 32.2. The lowest BCUT2D eigenvalue weighted by molar-refractivity contribution is -0.590. The average molecular weight is 1220 g/mol. The molecule has 2 amide bonds. The number of nitrogens with zero attached hydrogens (tertiary/aromatic N) is 1. The summed E-state index contributed by atoms with van der Waals surface area (Å²) in [4.78, 5) is 31.7. The molecule has 0 saturated carbocycles. The quantitative estimate of drug-likeness (QED) is 0.0561. The highest BCUT2D eigenvalue weighted by molar-refractivity contribution is 7.86. The highest BCUT2D eigenvalue weighted by Gasteiger charge is 2.45. The number of hydrogen-bond acceptors (Lipinski definition) is 13. The minimum Gasteiger partial charge on any atom is -0.744 e. The van der Waals surface area contributed by atoms with E-state index < -0.39 is 115 Å². The zero-order chi connectivity index (χ0) is 61.6. The van der Waals surface area contributed by atoms with Gasteiger partial charge in [0.2, 0.25) is 16.2 Å². The summed E-state index contributed by atoms with van der Waals surface area (Å²) >= 11 is 0. The first-order valence-electron chi connectivity index (χ1n) is 27.9. The van der Waals surface area contributed by atoms with E-state index in [0.29, 0.717) is 48.3 Å². The van der Waals surface area contributed by atoms with Crippen molar-refractivity contribution in [3.8, 4) is 33.8 Å². The van der Waals surface area contributed by atoms with E-state index in [1.165, 1.54) is 18.2 Å². The molecule has 5 N–H and O–H groups in total. The van der Waals surface area contributed by atoms with Crippen molar-refractivity contribution in [2.24, 2.45) is 0 Å². The summed E-state index contributed by atoms with van der Waals surface area (Å²) in [6, 6.07) is 17.6. The van der Waals surface area contributed by atoms with Crippen LogP contribution < -0.4 is 30.9 Å². The summed E-state index contributed by atoms with van der Waals surface area (Å²) in [5.74, 6) is -3.97. The predicted molar refractivity (Wildman–Crippen MR) is 313 cm³/mol. The number of amides is 2. The van der Waals surface area contributed by atoms with Crippen molar-refractivity contribution in [3.63, 3.8) is 0 Å². The lowest BCUT2D eigenvalue weighted by Crippen LogP contribution is -2.91. The highest BCUT2D eigenvalue weighted by Crippen LogP contribution is 2.56. The van der Waals surface area contributed by atoms with Crippen LogP contribution in [0.5, 0.6) is 11.5 Å². The Balaban J connectivity index is 1.04. The third-order valence-corrected chi connectivity index (χ3v) is 19.9. The van der Waals surface area contributed by atoms with Crippen LogP contribution in [0.1, 0.15) is 152 Å². The number of hydrogen-bond donors (Lipinski definition) is 5. The van der Waals surface area contributed by atoms with Crippen molar-refractivity contribution >= 4 is 53.4 Å². The Morgan fingerprint density at radius 3 is 2.12 bits per heavy atom. The van der Waals surface area contributed by atoms with Crippen molar-refractivity contribution in [3.05, 3.63) is 150 Å². The molecule has 0 radical (unpaired) electrons. The van der Waals surface area contributed by atoms with Crippen LogP contribution in [-0.2, 0) is 69.7 Å². The number of methoxy groups -OCH3 is 1. The number of carbonyl (C=O) groups excluding carboxylic acids is 2. The smallest absolute Gasteiger partial charge is 0.304 e. The molecule has 85 heavy (non-hydrogen) atoms. The van der Waals surface area contributed by atoms with Crippen molar-refractivity contribution in [2.75, 3.05) is 32.2 Å². The fourth-order valence-electron chi connectivity index (χ4n) is 13.7. The maximum atomic E-state index is 15.6. The molecule has 4 aliphatic heterocycles. The van der Waals surface area contributed by atoms with E-state index in [-0.39, 0.29) is 52.7 Å². The molecular formula is C63H67FN4O14S3. The van der Waals surface area contributed by atoms with E-state index >= 15 is 4.39 Å². The second kappa shape index (κ2) is 20.6. The summed E-state index contributed by atoms with van der Waals surface area (Å²) in [7, 11) is -14.6. The van der Waals surface area contributed by atoms with Gasteiger partial charge >= 0.3 is 10.1 Å². The number of nitrogens with one attached hydrogen (secondary N) is 3. The van der Waals surface area contributed by atoms with Gasteiger partial charge in [0.15, 0.2) is 21.9 Å². The van der Waals surface area contributed by atoms with Crippen molar-refractivity contribution in [1.29, 1.82) is 0 Å². The monoisotopic (exact) mass is 1220 g/mol. The van der Waals surface area contributed by atoms with Gasteiger partial charge in [0, 0.05) is 70.6 Å². The van der Waals surface area contributed by atoms with Gasteiger partial charge in [0.05, 0.1) is 36.9 Å². The Morgan fingerprint density at radius 1 is 0.800 bits per heavy atom. The minimum atomic E-state index is -5.52. The summed E-state index contributed by atoms with van der Waals surface area (Å²) in [5.41, 5.74) is 6.59. The molecule has 0 aromatic heterocycles. The van der Waals surface area contributed by atoms with E-state index in [0.717, 1.165) is 68.3 Å². The van der Waals surface area contributed by atoms with Crippen LogP contribution in [0, 0.1) is 19.7 Å². The Kier molecular flexibility index (Phi) is 14.5. The number of aryl methyl sites for hydroxylation is 2. The molecule has 1 aliphatic carbocycles. The number of halogens is 1. The molecule has 2 atom stereocenters. The predicted octanol–water partition coefficient (Wildman–Crippen LogP) is 7.29. The molecule has 6 aromatic rings. The van der Waals surface area contributed by atoms with E-state index in [1.54, 1.807) is 52.7 Å². The van der Waals surface area contributed by atoms with Gasteiger partial charge in [-0.05, 0) is 170 Å². The largest absolute Gasteiger partial charge is 0.744 e. The van der Waals surface area contributed by atoms with Gasteiger partial charge in [-0.1, -0.05) is 51.5 Å². The van der Waals surface area contributed by atoms with Crippen LogP contribution in [0.2, 0.25) is 0 Å². The van der Waals surface area contributed by atoms with Gasteiger partial charge in [0.25, 0.3) is 16.0 Å². The Morgan fingerprint density at radius 2 is 1.46 bits per heavy atom. The molecule has 11 rings (SSSR count). The number of anilines is 1. The molecular weight excluding hydrogens is 1150 g/mol. The van der Waals surface area contributed by atoms with Crippen LogP contribution in [0.25, 0.3) is 27.8 Å². The molecule has 448 valence electrons. The van der Waals surface area contributed by atoms with Gasteiger partial charge in [0.1, 0.15) is 15.9 Å². The average Bonchev–Trinajstić information content (AvgIpc) is 1.74. The van der Waals surface area contributed by atoms with E-state index in [4.69, 9.17) is 14.2 Å². The SMILES string of the molecule is COCCOCc1cc(C)c(F)cc1-c1cc2c3c(c1)C(C)(C)c1cc(C)cc(c1-3)CN(C(=O)CNC(=O)c1ccc(S(=O)(=O)[O-])c(C3=c4cc5c(c(S(=O)(=O)O)c4Oc4c3cc3c(c4S(=O)(=O)O)NC(C)(C)CC3C)=[NH+]C(C)(C)CC5C)c1)C2. The van der Waals surface area contributed by atoms with E-state index in [9.17, 15) is 48.5 Å². The Labute approximate surface area is 493 Å². The lowest BCUT2D eigenvalue weighted by Gasteiger charge is -2.39. The highest BCUT2D eigenvalue weighted by atomic mass is 32.2. The third kappa shape index (κ3) is 10.5. The van der Waals surface area contributed by atoms with Gasteiger partial charge in [-0.25, -0.2) is 17.8 Å². The fourth-order valence-corrected chi connectivity index (χ4v) is 16.0. The van der Waals surface area contributed by atoms with Crippen LogP contribution in [-0.4, -0.2) is 93.6 Å². The number of carbonyl (C=O) groups is 2. The molecule has 18 nitrogen and oxygen atoms in total.